The monoisotopic (exact) mass is 692 g/mol. The highest BCUT2D eigenvalue weighted by Gasteiger charge is 2.26. The highest BCUT2D eigenvalue weighted by atomic mass is 16.6. The Morgan fingerprint density at radius 1 is 0.404 bits per heavy atom. The van der Waals surface area contributed by atoms with Crippen LogP contribution < -0.4 is 9.47 Å². The third-order valence-electron chi connectivity index (χ3n) is 9.23. The zero-order chi connectivity index (χ0) is 35.5. The van der Waals surface area contributed by atoms with Gasteiger partial charge in [0, 0.05) is 22.3 Å². The smallest absolute Gasteiger partial charge is 0.135 e. The van der Waals surface area contributed by atoms with Gasteiger partial charge in [-0.15, -0.1) is 0 Å². The van der Waals surface area contributed by atoms with Crippen LogP contribution in [0.15, 0.2) is 122 Å². The van der Waals surface area contributed by atoms with Crippen LogP contribution in [-0.2, 0) is 18.9 Å². The molecule has 0 atom stereocenters. The first-order valence-corrected chi connectivity index (χ1v) is 17.9. The average Bonchev–Trinajstić information content (AvgIpc) is 3.19. The summed E-state index contributed by atoms with van der Waals surface area (Å²) in [5.41, 5.74) is 8.06. The van der Waals surface area contributed by atoms with Gasteiger partial charge in [-0.05, 0) is 55.9 Å². The van der Waals surface area contributed by atoms with Crippen molar-refractivity contribution in [3.05, 3.63) is 133 Å². The van der Waals surface area contributed by atoms with Crippen molar-refractivity contribution in [2.75, 3.05) is 66.1 Å². The summed E-state index contributed by atoms with van der Waals surface area (Å²) in [4.78, 5) is 0. The van der Waals surface area contributed by atoms with Crippen LogP contribution in [-0.4, -0.2) is 66.1 Å². The van der Waals surface area contributed by atoms with E-state index in [0.29, 0.717) is 66.1 Å². The molecule has 0 saturated heterocycles. The van der Waals surface area contributed by atoms with E-state index >= 15 is 0 Å². The van der Waals surface area contributed by atoms with Crippen molar-refractivity contribution in [1.82, 2.24) is 0 Å². The zero-order valence-corrected chi connectivity index (χ0v) is 29.5. The highest BCUT2D eigenvalue weighted by molar-refractivity contribution is 6.14. The van der Waals surface area contributed by atoms with Gasteiger partial charge in [0.25, 0.3) is 0 Å². The van der Waals surface area contributed by atoms with E-state index in [1.54, 1.807) is 0 Å². The van der Waals surface area contributed by atoms with Gasteiger partial charge in [-0.2, -0.15) is 0 Å². The van der Waals surface area contributed by atoms with Crippen LogP contribution in [0.25, 0.3) is 67.1 Å². The summed E-state index contributed by atoms with van der Waals surface area (Å²) in [5, 5.41) is 4.30. The van der Waals surface area contributed by atoms with Gasteiger partial charge in [0.15, 0.2) is 0 Å². The van der Waals surface area contributed by atoms with Gasteiger partial charge >= 0.3 is 0 Å². The van der Waals surface area contributed by atoms with E-state index in [4.69, 9.17) is 28.4 Å². The molecule has 6 nitrogen and oxygen atoms in total. The molecule has 0 amide bonds. The largest absolute Gasteiger partial charge is 0.490 e. The Balaban J connectivity index is 1.50. The Kier molecular flexibility index (Phi) is 11.7. The Morgan fingerprint density at radius 3 is 1.12 bits per heavy atom. The van der Waals surface area contributed by atoms with Crippen molar-refractivity contribution < 1.29 is 28.4 Å². The quantitative estimate of drug-likeness (QED) is 0.183. The maximum atomic E-state index is 6.90. The van der Waals surface area contributed by atoms with E-state index in [0.717, 1.165) is 77.6 Å². The second kappa shape index (κ2) is 17.3. The van der Waals surface area contributed by atoms with Crippen molar-refractivity contribution >= 4 is 33.7 Å². The lowest BCUT2D eigenvalue weighted by atomic mass is 9.86. The van der Waals surface area contributed by atoms with Crippen LogP contribution in [0.3, 0.4) is 0 Å². The second-order valence-electron chi connectivity index (χ2n) is 12.5. The van der Waals surface area contributed by atoms with Crippen molar-refractivity contribution in [2.24, 2.45) is 0 Å². The Bertz CT molecular complexity index is 1980. The molecule has 0 bridgehead atoms. The maximum Gasteiger partial charge on any atom is 0.135 e. The Labute approximate surface area is 305 Å². The predicted molar refractivity (Wildman–Crippen MR) is 212 cm³/mol. The minimum atomic E-state index is 0.344. The third-order valence-corrected chi connectivity index (χ3v) is 9.23. The second-order valence-corrected chi connectivity index (χ2v) is 12.5. The number of hydrogen-bond donors (Lipinski definition) is 0. The van der Waals surface area contributed by atoms with Crippen molar-refractivity contribution in [3.8, 4) is 44.9 Å². The lowest BCUT2D eigenvalue weighted by Gasteiger charge is -2.24. The molecule has 264 valence electrons. The fourth-order valence-corrected chi connectivity index (χ4v) is 6.65. The summed E-state index contributed by atoms with van der Waals surface area (Å²) >= 11 is 0. The zero-order valence-electron chi connectivity index (χ0n) is 29.5. The van der Waals surface area contributed by atoms with Crippen LogP contribution in [0.2, 0.25) is 0 Å². The SMILES string of the molecule is C=Cc1ccc(-c2cc3ccccc3c3c2OCCOCCOCCOCCOCCOc2c(-c4ccc(C=C)cc4)cc4ccccc4c2-3)cc1. The first kappa shape index (κ1) is 35.2. The highest BCUT2D eigenvalue weighted by Crippen LogP contribution is 2.52. The summed E-state index contributed by atoms with van der Waals surface area (Å²) in [6, 6.07) is 38.3. The standard InChI is InChI=1S/C46H44O6/c1-3-33-13-17-35(18-14-33)41-31-37-9-5-7-11-39(37)43-44-40-12-8-6-10-38(40)32-42(36-19-15-34(4-2)16-20-36)46(44)52-30-28-50-26-24-48-22-21-47-23-25-49-27-29-51-45(41)43/h3-20,31-32H,1-2,21-30H2. The van der Waals surface area contributed by atoms with Gasteiger partial charge in [-0.25, -0.2) is 0 Å². The molecule has 0 N–H and O–H groups in total. The van der Waals surface area contributed by atoms with E-state index < -0.39 is 0 Å². The Morgan fingerprint density at radius 2 is 0.750 bits per heavy atom. The average molecular weight is 693 g/mol. The molecule has 6 heteroatoms. The first-order valence-electron chi connectivity index (χ1n) is 17.9. The van der Waals surface area contributed by atoms with Crippen molar-refractivity contribution in [2.45, 2.75) is 0 Å². The fourth-order valence-electron chi connectivity index (χ4n) is 6.65. The molecule has 6 aromatic rings. The fraction of sp³-hybridized carbons (Fsp3) is 0.217. The molecular formula is C46H44O6. The van der Waals surface area contributed by atoms with Gasteiger partial charge in [-0.1, -0.05) is 122 Å². The lowest BCUT2D eigenvalue weighted by Crippen LogP contribution is -2.15. The number of fused-ring (bicyclic) bond motifs is 7. The van der Waals surface area contributed by atoms with Crippen molar-refractivity contribution in [1.29, 1.82) is 0 Å². The molecule has 7 rings (SSSR count). The summed E-state index contributed by atoms with van der Waals surface area (Å²) in [6.07, 6.45) is 3.72. The molecule has 1 aliphatic rings. The number of rotatable bonds is 4. The van der Waals surface area contributed by atoms with E-state index in [-0.39, 0.29) is 0 Å². The summed E-state index contributed by atoms with van der Waals surface area (Å²) in [7, 11) is 0. The van der Waals surface area contributed by atoms with Gasteiger partial charge in [0.05, 0.1) is 52.9 Å². The van der Waals surface area contributed by atoms with E-state index in [9.17, 15) is 0 Å². The minimum absolute atomic E-state index is 0.344. The molecule has 1 aliphatic heterocycles. The molecule has 6 aromatic carbocycles. The van der Waals surface area contributed by atoms with Crippen LogP contribution in [0.5, 0.6) is 11.5 Å². The van der Waals surface area contributed by atoms with Gasteiger partial charge in [0.1, 0.15) is 24.7 Å². The molecule has 1 heterocycles. The first-order chi connectivity index (χ1) is 25.7. The summed E-state index contributed by atoms with van der Waals surface area (Å²) in [6.45, 7) is 12.3. The van der Waals surface area contributed by atoms with Crippen LogP contribution >= 0.6 is 0 Å². The minimum Gasteiger partial charge on any atom is -0.490 e. The summed E-state index contributed by atoms with van der Waals surface area (Å²) in [5.74, 6) is 1.53. The molecule has 0 spiro atoms. The number of hydrogen-bond acceptors (Lipinski definition) is 6. The van der Waals surface area contributed by atoms with Crippen molar-refractivity contribution in [3.63, 3.8) is 0 Å². The van der Waals surface area contributed by atoms with E-state index in [1.807, 2.05) is 12.2 Å². The normalized spacial score (nSPS) is 15.1. The Hall–Kier alpha value is -5.24. The molecule has 0 radical (unpaired) electrons. The lowest BCUT2D eigenvalue weighted by molar-refractivity contribution is -0.00701. The van der Waals surface area contributed by atoms with Crippen LogP contribution in [0.4, 0.5) is 0 Å². The van der Waals surface area contributed by atoms with E-state index in [2.05, 4.69) is 122 Å². The molecule has 0 aliphatic carbocycles. The molecule has 0 unspecified atom stereocenters. The topological polar surface area (TPSA) is 55.4 Å². The summed E-state index contributed by atoms with van der Waals surface area (Å²) < 4.78 is 37.1. The molecule has 0 saturated carbocycles. The number of benzene rings is 6. The molecule has 0 aromatic heterocycles. The van der Waals surface area contributed by atoms with Gasteiger partial charge in [0.2, 0.25) is 0 Å². The maximum absolute atomic E-state index is 6.90. The van der Waals surface area contributed by atoms with Crippen LogP contribution in [0, 0.1) is 0 Å². The van der Waals surface area contributed by atoms with Gasteiger partial charge < -0.3 is 28.4 Å². The molecular weight excluding hydrogens is 648 g/mol. The third kappa shape index (κ3) is 7.96. The number of ether oxygens (including phenoxy) is 6. The van der Waals surface area contributed by atoms with E-state index in [1.165, 1.54) is 0 Å². The molecule has 52 heavy (non-hydrogen) atoms. The van der Waals surface area contributed by atoms with Crippen LogP contribution in [0.1, 0.15) is 11.1 Å². The predicted octanol–water partition coefficient (Wildman–Crippen LogP) is 10.1. The van der Waals surface area contributed by atoms with Gasteiger partial charge in [-0.3, -0.25) is 0 Å². The molecule has 0 fully saturated rings.